The lowest BCUT2D eigenvalue weighted by molar-refractivity contribution is -0.114. The number of rotatable bonds is 4. The summed E-state index contributed by atoms with van der Waals surface area (Å²) in [7, 11) is 0. The number of aryl methyl sites for hydroxylation is 1. The minimum atomic E-state index is -0.459. The molecule has 0 fully saturated rings. The molecule has 0 aliphatic heterocycles. The highest BCUT2D eigenvalue weighted by molar-refractivity contribution is 5.89. The van der Waals surface area contributed by atoms with Gasteiger partial charge in [0.1, 0.15) is 11.3 Å². The minimum absolute atomic E-state index is 0.0920. The van der Waals surface area contributed by atoms with E-state index in [0.717, 1.165) is 22.3 Å². The Morgan fingerprint density at radius 2 is 1.80 bits per heavy atom. The summed E-state index contributed by atoms with van der Waals surface area (Å²) in [5.41, 5.74) is 2.82. The number of carbonyl (C=O) groups is 1. The van der Waals surface area contributed by atoms with Crippen LogP contribution >= 0.6 is 0 Å². The average molecular weight is 338 g/mol. The molecular formula is C19H18N2O4. The SMILES string of the molecule is CC(=O)Nc1ccc(NCc2cc(=O)oc3c(C)c(O)ccc23)cc1. The molecular weight excluding hydrogens is 320 g/mol. The van der Waals surface area contributed by atoms with E-state index < -0.39 is 5.63 Å². The molecule has 0 aliphatic carbocycles. The number of fused-ring (bicyclic) bond motifs is 1. The standard InChI is InChI=1S/C19H18N2O4/c1-11-17(23)8-7-16-13(9-18(24)25-19(11)16)10-20-14-3-5-15(6-4-14)21-12(2)22/h3-9,20,23H,10H2,1-2H3,(H,21,22). The smallest absolute Gasteiger partial charge is 0.336 e. The summed E-state index contributed by atoms with van der Waals surface area (Å²) >= 11 is 0. The van der Waals surface area contributed by atoms with Crippen LogP contribution in [0, 0.1) is 6.92 Å². The maximum absolute atomic E-state index is 11.8. The molecule has 1 heterocycles. The zero-order valence-corrected chi connectivity index (χ0v) is 13.9. The van der Waals surface area contributed by atoms with E-state index in [1.807, 2.05) is 12.1 Å². The minimum Gasteiger partial charge on any atom is -0.508 e. The number of benzene rings is 2. The molecule has 0 aliphatic rings. The summed E-state index contributed by atoms with van der Waals surface area (Å²) < 4.78 is 5.24. The summed E-state index contributed by atoms with van der Waals surface area (Å²) in [5, 5.41) is 16.5. The Balaban J connectivity index is 1.85. The van der Waals surface area contributed by atoms with Crippen molar-refractivity contribution in [3.05, 3.63) is 64.0 Å². The van der Waals surface area contributed by atoms with E-state index in [0.29, 0.717) is 17.7 Å². The monoisotopic (exact) mass is 338 g/mol. The van der Waals surface area contributed by atoms with E-state index >= 15 is 0 Å². The lowest BCUT2D eigenvalue weighted by Gasteiger charge is -2.11. The molecule has 0 unspecified atom stereocenters. The number of aromatic hydroxyl groups is 1. The molecule has 0 saturated carbocycles. The first-order valence-corrected chi connectivity index (χ1v) is 7.81. The second kappa shape index (κ2) is 6.68. The van der Waals surface area contributed by atoms with Gasteiger partial charge in [0, 0.05) is 41.9 Å². The fourth-order valence-corrected chi connectivity index (χ4v) is 2.63. The first-order chi connectivity index (χ1) is 11.9. The van der Waals surface area contributed by atoms with Gasteiger partial charge in [-0.05, 0) is 48.9 Å². The summed E-state index contributed by atoms with van der Waals surface area (Å²) in [6, 6.07) is 12.0. The van der Waals surface area contributed by atoms with Gasteiger partial charge in [-0.3, -0.25) is 4.79 Å². The number of hydrogen-bond donors (Lipinski definition) is 3. The number of amides is 1. The zero-order chi connectivity index (χ0) is 18.0. The van der Waals surface area contributed by atoms with E-state index in [1.54, 1.807) is 31.2 Å². The maximum atomic E-state index is 11.8. The largest absolute Gasteiger partial charge is 0.508 e. The topological polar surface area (TPSA) is 91.6 Å². The van der Waals surface area contributed by atoms with Crippen LogP contribution < -0.4 is 16.3 Å². The molecule has 128 valence electrons. The van der Waals surface area contributed by atoms with Gasteiger partial charge < -0.3 is 20.2 Å². The van der Waals surface area contributed by atoms with Gasteiger partial charge in [-0.2, -0.15) is 0 Å². The highest BCUT2D eigenvalue weighted by Crippen LogP contribution is 2.27. The lowest BCUT2D eigenvalue weighted by Crippen LogP contribution is -2.07. The van der Waals surface area contributed by atoms with Crippen LogP contribution in [0.4, 0.5) is 11.4 Å². The maximum Gasteiger partial charge on any atom is 0.336 e. The van der Waals surface area contributed by atoms with E-state index in [2.05, 4.69) is 10.6 Å². The first-order valence-electron chi connectivity index (χ1n) is 7.81. The third-order valence-electron chi connectivity index (χ3n) is 3.91. The molecule has 6 nitrogen and oxygen atoms in total. The fraction of sp³-hybridized carbons (Fsp3) is 0.158. The fourth-order valence-electron chi connectivity index (χ4n) is 2.63. The molecule has 6 heteroatoms. The molecule has 2 aromatic carbocycles. The number of phenolic OH excluding ortho intramolecular Hbond substituents is 1. The van der Waals surface area contributed by atoms with Gasteiger partial charge in [-0.1, -0.05) is 0 Å². The number of nitrogens with one attached hydrogen (secondary N) is 2. The lowest BCUT2D eigenvalue weighted by atomic mass is 10.1. The van der Waals surface area contributed by atoms with Gasteiger partial charge in [-0.25, -0.2) is 4.79 Å². The van der Waals surface area contributed by atoms with Crippen LogP contribution in [0.3, 0.4) is 0 Å². The van der Waals surface area contributed by atoms with Gasteiger partial charge in [-0.15, -0.1) is 0 Å². The summed E-state index contributed by atoms with van der Waals surface area (Å²) in [4.78, 5) is 22.8. The van der Waals surface area contributed by atoms with Crippen molar-refractivity contribution in [3.63, 3.8) is 0 Å². The van der Waals surface area contributed by atoms with Crippen molar-refractivity contribution in [2.75, 3.05) is 10.6 Å². The van der Waals surface area contributed by atoms with Crippen molar-refractivity contribution >= 4 is 28.3 Å². The van der Waals surface area contributed by atoms with Crippen LogP contribution in [-0.4, -0.2) is 11.0 Å². The molecule has 1 amide bonds. The Morgan fingerprint density at radius 3 is 2.48 bits per heavy atom. The molecule has 0 radical (unpaired) electrons. The van der Waals surface area contributed by atoms with Gasteiger partial charge in [0.05, 0.1) is 0 Å². The molecule has 3 rings (SSSR count). The van der Waals surface area contributed by atoms with Crippen molar-refractivity contribution < 1.29 is 14.3 Å². The van der Waals surface area contributed by atoms with E-state index in [1.165, 1.54) is 13.0 Å². The second-order valence-corrected chi connectivity index (χ2v) is 5.79. The predicted molar refractivity (Wildman–Crippen MR) is 97.0 cm³/mol. The molecule has 1 aromatic heterocycles. The molecule has 0 saturated heterocycles. The van der Waals surface area contributed by atoms with E-state index in [-0.39, 0.29) is 11.7 Å². The van der Waals surface area contributed by atoms with Crippen LogP contribution in [0.15, 0.2) is 51.7 Å². The molecule has 0 spiro atoms. The number of phenols is 1. The summed E-state index contributed by atoms with van der Waals surface area (Å²) in [5.74, 6) is -0.0314. The molecule has 0 atom stereocenters. The summed E-state index contributed by atoms with van der Waals surface area (Å²) in [6.07, 6.45) is 0. The Hall–Kier alpha value is -3.28. The zero-order valence-electron chi connectivity index (χ0n) is 13.9. The van der Waals surface area contributed by atoms with Crippen LogP contribution in [0.2, 0.25) is 0 Å². The number of hydrogen-bond acceptors (Lipinski definition) is 5. The normalized spacial score (nSPS) is 10.6. The van der Waals surface area contributed by atoms with Gasteiger partial charge >= 0.3 is 5.63 Å². The Kier molecular flexibility index (Phi) is 4.43. The predicted octanol–water partition coefficient (Wildman–Crippen LogP) is 3.38. The third kappa shape index (κ3) is 3.63. The summed E-state index contributed by atoms with van der Waals surface area (Å²) in [6.45, 7) is 3.59. The third-order valence-corrected chi connectivity index (χ3v) is 3.91. The Labute approximate surface area is 144 Å². The molecule has 3 N–H and O–H groups in total. The highest BCUT2D eigenvalue weighted by Gasteiger charge is 2.10. The van der Waals surface area contributed by atoms with Crippen LogP contribution in [0.1, 0.15) is 18.1 Å². The van der Waals surface area contributed by atoms with Gasteiger partial charge in [0.2, 0.25) is 5.91 Å². The molecule has 25 heavy (non-hydrogen) atoms. The molecule has 3 aromatic rings. The second-order valence-electron chi connectivity index (χ2n) is 5.79. The van der Waals surface area contributed by atoms with Crippen molar-refractivity contribution in [2.24, 2.45) is 0 Å². The van der Waals surface area contributed by atoms with Crippen LogP contribution in [0.5, 0.6) is 5.75 Å². The van der Waals surface area contributed by atoms with Gasteiger partial charge in [0.15, 0.2) is 0 Å². The van der Waals surface area contributed by atoms with Crippen molar-refractivity contribution in [1.29, 1.82) is 0 Å². The Morgan fingerprint density at radius 1 is 1.12 bits per heavy atom. The highest BCUT2D eigenvalue weighted by atomic mass is 16.4. The number of anilines is 2. The van der Waals surface area contributed by atoms with Crippen molar-refractivity contribution in [1.82, 2.24) is 0 Å². The molecule has 0 bridgehead atoms. The van der Waals surface area contributed by atoms with Crippen molar-refractivity contribution in [2.45, 2.75) is 20.4 Å². The van der Waals surface area contributed by atoms with Crippen molar-refractivity contribution in [3.8, 4) is 5.75 Å². The number of carbonyl (C=O) groups excluding carboxylic acids is 1. The van der Waals surface area contributed by atoms with E-state index in [9.17, 15) is 14.7 Å². The van der Waals surface area contributed by atoms with Crippen LogP contribution in [-0.2, 0) is 11.3 Å². The van der Waals surface area contributed by atoms with E-state index in [4.69, 9.17) is 4.42 Å². The first kappa shape index (κ1) is 16.6. The van der Waals surface area contributed by atoms with Crippen LogP contribution in [0.25, 0.3) is 11.0 Å². The average Bonchev–Trinajstić information content (AvgIpc) is 2.57. The van der Waals surface area contributed by atoms with Gasteiger partial charge in [0.25, 0.3) is 0 Å². The quantitative estimate of drug-likeness (QED) is 0.634. The Bertz CT molecular complexity index is 991.